The summed E-state index contributed by atoms with van der Waals surface area (Å²) in [5, 5.41) is 70.6. The number of ether oxygens (including phenoxy) is 2. The molecule has 0 bridgehead atoms. The van der Waals surface area contributed by atoms with Crippen molar-refractivity contribution in [3.05, 3.63) is 162 Å². The zero-order valence-electron chi connectivity index (χ0n) is 82.3. The quantitative estimate of drug-likeness (QED) is 0.0432. The Morgan fingerprint density at radius 3 is 0.500 bits per heavy atom. The lowest BCUT2D eigenvalue weighted by atomic mass is 9.79. The molecule has 3 aliphatic carbocycles. The van der Waals surface area contributed by atoms with Crippen LogP contribution in [0.4, 0.5) is 0 Å². The van der Waals surface area contributed by atoms with Gasteiger partial charge >= 0.3 is 0 Å². The lowest BCUT2D eigenvalue weighted by Crippen LogP contribution is -2.23. The molecule has 3 saturated carbocycles. The first-order valence-electron chi connectivity index (χ1n) is 46.2. The molecule has 9 rings (SSSR count). The SMILES string of the molecule is CC(C)(C)c1cc(CSC2CCCCCC[C@@H]2SCc2cc(C(C)(C)C)cc(C(C)(C)C)c2O)c(O)c(C(C)(C)C)c1.CC(C)(C)c1cc(CSC2CCCCCC[C@@H]2SCc2cc(C(C)(C)C)cc(C(C)(C)C)c2O)c(O)c(C(C)(C)C)c1.COc1cc(C(C)(C)C)cc(CSC2CCCCCC[C@@H]2SCc2cc(C(C)(C)C)cc(OC)c2O)c1O. The van der Waals surface area contributed by atoms with E-state index in [2.05, 4.69) is 268 Å². The van der Waals surface area contributed by atoms with Crippen molar-refractivity contribution in [2.24, 2.45) is 0 Å². The van der Waals surface area contributed by atoms with Gasteiger partial charge in [0.2, 0.25) is 0 Å². The van der Waals surface area contributed by atoms with Crippen LogP contribution in [0.1, 0.15) is 412 Å². The van der Waals surface area contributed by atoms with Crippen LogP contribution in [0.15, 0.2) is 72.8 Å². The maximum Gasteiger partial charge on any atom is 0.161 e. The van der Waals surface area contributed by atoms with Crippen LogP contribution in [0.25, 0.3) is 0 Å². The van der Waals surface area contributed by atoms with Gasteiger partial charge in [0, 0.05) is 99.4 Å². The first-order chi connectivity index (χ1) is 56.2. The second-order valence-corrected chi connectivity index (χ2v) is 53.4. The molecule has 8 nitrogen and oxygen atoms in total. The summed E-state index contributed by atoms with van der Waals surface area (Å²) in [7, 11) is 3.25. The van der Waals surface area contributed by atoms with Crippen molar-refractivity contribution < 1.29 is 40.1 Å². The molecule has 6 atom stereocenters. The first-order valence-corrected chi connectivity index (χ1v) is 52.5. The summed E-state index contributed by atoms with van der Waals surface area (Å²) in [6, 6.07) is 26.2. The summed E-state index contributed by atoms with van der Waals surface area (Å²) in [5.74, 6) is 8.41. The summed E-state index contributed by atoms with van der Waals surface area (Å²) < 4.78 is 11.0. The highest BCUT2D eigenvalue weighted by atomic mass is 32.2. The molecule has 3 fully saturated rings. The van der Waals surface area contributed by atoms with E-state index in [-0.39, 0.29) is 65.6 Å². The van der Waals surface area contributed by atoms with Gasteiger partial charge in [0.15, 0.2) is 23.0 Å². The van der Waals surface area contributed by atoms with E-state index in [9.17, 15) is 30.6 Å². The summed E-state index contributed by atoms with van der Waals surface area (Å²) in [6.45, 7) is 66.7. The minimum atomic E-state index is -0.112. The minimum absolute atomic E-state index is 0.0241. The van der Waals surface area contributed by atoms with Gasteiger partial charge in [0.05, 0.1) is 14.2 Å². The highest BCUT2D eigenvalue weighted by Crippen LogP contribution is 2.51. The normalized spacial score (nSPS) is 19.3. The third kappa shape index (κ3) is 30.2. The topological polar surface area (TPSA) is 140 Å². The highest BCUT2D eigenvalue weighted by Gasteiger charge is 2.36. The maximum absolute atomic E-state index is 11.4. The van der Waals surface area contributed by atoms with E-state index in [1.807, 2.05) is 82.7 Å². The second-order valence-electron chi connectivity index (χ2n) is 46.1. The van der Waals surface area contributed by atoms with Crippen molar-refractivity contribution in [2.75, 3.05) is 14.2 Å². The molecule has 0 saturated heterocycles. The Kier molecular flexibility index (Phi) is 37.4. The van der Waals surface area contributed by atoms with Crippen LogP contribution in [0.3, 0.4) is 0 Å². The van der Waals surface area contributed by atoms with Crippen LogP contribution < -0.4 is 9.47 Å². The zero-order valence-corrected chi connectivity index (χ0v) is 87.2. The van der Waals surface area contributed by atoms with Crippen LogP contribution in [0.5, 0.6) is 46.0 Å². The van der Waals surface area contributed by atoms with Gasteiger partial charge in [-0.3, -0.25) is 0 Å². The third-order valence-corrected chi connectivity index (χ3v) is 34.4. The Hall–Kier alpha value is -4.18. The Morgan fingerprint density at radius 1 is 0.213 bits per heavy atom. The molecular weight excluding hydrogens is 1620 g/mol. The number of rotatable bonds is 20. The van der Waals surface area contributed by atoms with Crippen LogP contribution >= 0.6 is 70.6 Å². The zero-order chi connectivity index (χ0) is 91.4. The van der Waals surface area contributed by atoms with E-state index < -0.39 is 0 Å². The number of methoxy groups -OCH3 is 2. The fourth-order valence-electron chi connectivity index (χ4n) is 16.5. The molecular formula is C108H168O8S6. The van der Waals surface area contributed by atoms with Crippen molar-refractivity contribution in [1.29, 1.82) is 0 Å². The standard InChI is InChI=1S/2C38H60O2S2.C32H48O4S2/c2*1-35(2,3)27-19-25(33(39)29(21-27)37(7,8)9)23-41-31-17-15-13-14-16-18-32(31)42-24-26-20-28(36(4,5)6)22-30(34(26)40)38(10,11)12;1-31(2,3)23-15-21(29(33)25(17-23)35-7)19-37-27-13-11-9-10-12-14-28(27)38-20-22-16-24(32(4,5)6)18-26(36-8)30(22)34/h2*19-22,31-32,39-40H,13-18,23-24H2,1-12H3;15-18,27-28,33-34H,9-14,19-20H2,1-8H3/t2*31-,32?;27-,28?/m000/s1. The fraction of sp³-hybridized carbons (Fsp3) is 0.667. The third-order valence-electron chi connectivity index (χ3n) is 25.1. The van der Waals surface area contributed by atoms with E-state index >= 15 is 0 Å². The van der Waals surface area contributed by atoms with Crippen molar-refractivity contribution in [2.45, 2.75) is 443 Å². The van der Waals surface area contributed by atoms with Gasteiger partial charge in [-0.15, -0.1) is 0 Å². The van der Waals surface area contributed by atoms with E-state index in [4.69, 9.17) is 9.47 Å². The number of hydrogen-bond donors (Lipinski definition) is 6. The Morgan fingerprint density at radius 2 is 0.361 bits per heavy atom. The lowest BCUT2D eigenvalue weighted by Gasteiger charge is -2.31. The van der Waals surface area contributed by atoms with E-state index in [1.54, 1.807) is 14.2 Å². The fourth-order valence-corrected chi connectivity index (χ4v) is 25.7. The molecule has 0 aliphatic heterocycles. The highest BCUT2D eigenvalue weighted by molar-refractivity contribution is 8.04. The van der Waals surface area contributed by atoms with Gasteiger partial charge in [-0.25, -0.2) is 0 Å². The minimum Gasteiger partial charge on any atom is -0.507 e. The van der Waals surface area contributed by atoms with Gasteiger partial charge < -0.3 is 40.1 Å². The van der Waals surface area contributed by atoms with Gasteiger partial charge in [-0.1, -0.05) is 345 Å². The average molecular weight is 1790 g/mol. The van der Waals surface area contributed by atoms with Gasteiger partial charge in [-0.05, 0) is 160 Å². The summed E-state index contributed by atoms with van der Waals surface area (Å²) in [5.41, 5.74) is 17.6. The number of phenols is 6. The van der Waals surface area contributed by atoms with Gasteiger partial charge in [0.25, 0.3) is 0 Å². The Bertz CT molecular complexity index is 3880. The Labute approximate surface area is 770 Å². The van der Waals surface area contributed by atoms with Crippen LogP contribution in [0, 0.1) is 0 Å². The Balaban J connectivity index is 0.000000252. The molecule has 0 radical (unpaired) electrons. The van der Waals surface area contributed by atoms with E-state index in [0.717, 1.165) is 90.2 Å². The molecule has 3 aliphatic rings. The predicted octanol–water partition coefficient (Wildman–Crippen LogP) is 32.1. The van der Waals surface area contributed by atoms with Crippen molar-refractivity contribution in [3.63, 3.8) is 0 Å². The van der Waals surface area contributed by atoms with Crippen molar-refractivity contribution in [3.8, 4) is 46.0 Å². The van der Waals surface area contributed by atoms with Crippen molar-refractivity contribution in [1.82, 2.24) is 0 Å². The number of phenolic OH excluding ortho intramolecular Hbond substituents is 6. The molecule has 684 valence electrons. The lowest BCUT2D eigenvalue weighted by molar-refractivity contribution is 0.369. The molecule has 6 aromatic carbocycles. The number of benzene rings is 6. The first kappa shape index (κ1) is 105. The van der Waals surface area contributed by atoms with Crippen LogP contribution in [-0.4, -0.2) is 76.4 Å². The largest absolute Gasteiger partial charge is 0.507 e. The average Bonchev–Trinajstić information content (AvgIpc) is 0.790. The van der Waals surface area contributed by atoms with Gasteiger partial charge in [0.1, 0.15) is 23.0 Å². The molecule has 0 aromatic heterocycles. The number of aromatic hydroxyl groups is 6. The molecule has 14 heteroatoms. The smallest absolute Gasteiger partial charge is 0.161 e. The summed E-state index contributed by atoms with van der Waals surface area (Å²) >= 11 is 12.1. The summed E-state index contributed by atoms with van der Waals surface area (Å²) in [6.07, 6.45) is 22.6. The predicted molar refractivity (Wildman–Crippen MR) is 542 cm³/mol. The molecule has 6 N–H and O–H groups in total. The van der Waals surface area contributed by atoms with Crippen LogP contribution in [0.2, 0.25) is 0 Å². The van der Waals surface area contributed by atoms with Crippen LogP contribution in [-0.2, 0) is 88.7 Å². The number of hydrogen-bond acceptors (Lipinski definition) is 14. The van der Waals surface area contributed by atoms with E-state index in [0.29, 0.717) is 66.0 Å². The molecule has 3 unspecified atom stereocenters. The van der Waals surface area contributed by atoms with Gasteiger partial charge in [-0.2, -0.15) is 70.6 Å². The maximum atomic E-state index is 11.4. The molecule has 122 heavy (non-hydrogen) atoms. The monoisotopic (exact) mass is 1790 g/mol. The molecule has 0 spiro atoms. The second kappa shape index (κ2) is 43.5. The molecule has 0 heterocycles. The molecule has 6 aromatic rings. The van der Waals surface area contributed by atoms with Crippen molar-refractivity contribution >= 4 is 70.6 Å². The molecule has 0 amide bonds. The van der Waals surface area contributed by atoms with E-state index in [1.165, 1.54) is 149 Å². The summed E-state index contributed by atoms with van der Waals surface area (Å²) in [4.78, 5) is 0. The number of thioether (sulfide) groups is 6.